The van der Waals surface area contributed by atoms with Crippen LogP contribution in [0.4, 0.5) is 5.69 Å². The molecule has 0 bridgehead atoms. The highest BCUT2D eigenvalue weighted by Crippen LogP contribution is 2.44. The number of hydrogen-bond donors (Lipinski definition) is 2. The Hall–Kier alpha value is -3.60. The zero-order chi connectivity index (χ0) is 22.3. The monoisotopic (exact) mass is 415 g/mol. The van der Waals surface area contributed by atoms with E-state index >= 15 is 0 Å². The van der Waals surface area contributed by atoms with E-state index in [0.29, 0.717) is 34.2 Å². The van der Waals surface area contributed by atoms with Gasteiger partial charge in [-0.1, -0.05) is 50.2 Å². The van der Waals surface area contributed by atoms with Gasteiger partial charge in [-0.05, 0) is 37.5 Å². The van der Waals surface area contributed by atoms with Gasteiger partial charge >= 0.3 is 0 Å². The number of fused-ring (bicyclic) bond motifs is 2. The molecule has 1 aliphatic rings. The molecule has 0 radical (unpaired) electrons. The van der Waals surface area contributed by atoms with Crippen LogP contribution in [0.25, 0.3) is 0 Å². The van der Waals surface area contributed by atoms with Crippen LogP contribution in [-0.2, 0) is 0 Å². The maximum absolute atomic E-state index is 13.4. The van der Waals surface area contributed by atoms with Crippen LogP contribution in [0.3, 0.4) is 0 Å². The van der Waals surface area contributed by atoms with Crippen LogP contribution in [0.15, 0.2) is 54.6 Å². The van der Waals surface area contributed by atoms with Crippen molar-refractivity contribution in [2.75, 3.05) is 5.32 Å². The average molecular weight is 415 g/mol. The van der Waals surface area contributed by atoms with Gasteiger partial charge in [0.15, 0.2) is 17.3 Å². The normalized spacial score (nSPS) is 12.7. The van der Waals surface area contributed by atoms with Crippen molar-refractivity contribution in [1.82, 2.24) is 0 Å². The minimum Gasteiger partial charge on any atom is -0.507 e. The second-order valence-electron chi connectivity index (χ2n) is 8.35. The summed E-state index contributed by atoms with van der Waals surface area (Å²) in [5.74, 6) is 0.301. The van der Waals surface area contributed by atoms with Gasteiger partial charge in [-0.25, -0.2) is 0 Å². The first-order chi connectivity index (χ1) is 14.8. The standard InChI is InChI=1S/C26H25NO4/c1-14(2)16-9-11-17(12-10-16)31-21-13-20(28)22-23(24(21)27-15(3)4)26(30)19-8-6-5-7-18(19)25(22)29/h5-15,27-28H,1-4H3. The molecule has 0 aliphatic heterocycles. The molecule has 0 heterocycles. The number of aromatic hydroxyl groups is 1. The lowest BCUT2D eigenvalue weighted by atomic mass is 9.82. The molecular formula is C26H25NO4. The number of ether oxygens (including phenoxy) is 1. The van der Waals surface area contributed by atoms with E-state index in [-0.39, 0.29) is 34.5 Å². The van der Waals surface area contributed by atoms with Crippen molar-refractivity contribution >= 4 is 17.3 Å². The molecule has 0 aromatic heterocycles. The maximum atomic E-state index is 13.4. The SMILES string of the molecule is CC(C)Nc1c(Oc2ccc(C(C)C)cc2)cc(O)c2c1C(=O)c1ccccc1C2=O. The number of rotatable bonds is 5. The highest BCUT2D eigenvalue weighted by atomic mass is 16.5. The van der Waals surface area contributed by atoms with E-state index in [1.54, 1.807) is 24.3 Å². The van der Waals surface area contributed by atoms with Gasteiger partial charge < -0.3 is 15.2 Å². The third kappa shape index (κ3) is 3.67. The summed E-state index contributed by atoms with van der Waals surface area (Å²) in [7, 11) is 0. The van der Waals surface area contributed by atoms with Crippen molar-refractivity contribution in [3.8, 4) is 17.2 Å². The van der Waals surface area contributed by atoms with Gasteiger partial charge in [-0.2, -0.15) is 0 Å². The smallest absolute Gasteiger partial charge is 0.198 e. The number of benzene rings is 3. The summed E-state index contributed by atoms with van der Waals surface area (Å²) in [6.07, 6.45) is 0. The van der Waals surface area contributed by atoms with Crippen LogP contribution in [0.2, 0.25) is 0 Å². The Bertz CT molecular complexity index is 1180. The van der Waals surface area contributed by atoms with E-state index in [0.717, 1.165) is 0 Å². The summed E-state index contributed by atoms with van der Waals surface area (Å²) < 4.78 is 6.08. The van der Waals surface area contributed by atoms with E-state index in [2.05, 4.69) is 19.2 Å². The average Bonchev–Trinajstić information content (AvgIpc) is 2.74. The van der Waals surface area contributed by atoms with Crippen molar-refractivity contribution in [2.45, 2.75) is 39.7 Å². The van der Waals surface area contributed by atoms with Crippen molar-refractivity contribution < 1.29 is 19.4 Å². The Morgan fingerprint density at radius 2 is 1.42 bits per heavy atom. The molecule has 2 N–H and O–H groups in total. The lowest BCUT2D eigenvalue weighted by molar-refractivity contribution is 0.0977. The van der Waals surface area contributed by atoms with E-state index in [1.807, 2.05) is 38.1 Å². The van der Waals surface area contributed by atoms with Crippen LogP contribution >= 0.6 is 0 Å². The largest absolute Gasteiger partial charge is 0.507 e. The third-order valence-electron chi connectivity index (χ3n) is 5.35. The third-order valence-corrected chi connectivity index (χ3v) is 5.35. The Labute approximate surface area is 181 Å². The van der Waals surface area contributed by atoms with Crippen LogP contribution in [0.1, 0.15) is 71.0 Å². The van der Waals surface area contributed by atoms with E-state index in [9.17, 15) is 14.7 Å². The van der Waals surface area contributed by atoms with Crippen molar-refractivity contribution in [2.24, 2.45) is 0 Å². The summed E-state index contributed by atoms with van der Waals surface area (Å²) >= 11 is 0. The molecule has 4 rings (SSSR count). The Morgan fingerprint density at radius 3 is 1.97 bits per heavy atom. The fourth-order valence-electron chi connectivity index (χ4n) is 3.81. The first-order valence-corrected chi connectivity index (χ1v) is 10.4. The number of carbonyl (C=O) groups excluding carboxylic acids is 2. The minimum atomic E-state index is -0.373. The Morgan fingerprint density at radius 1 is 0.839 bits per heavy atom. The number of phenols is 1. The molecule has 158 valence electrons. The maximum Gasteiger partial charge on any atom is 0.198 e. The molecule has 0 saturated heterocycles. The van der Waals surface area contributed by atoms with Gasteiger partial charge in [0.05, 0.1) is 16.8 Å². The van der Waals surface area contributed by atoms with Crippen LogP contribution in [0, 0.1) is 0 Å². The Kier molecular flexibility index (Phi) is 5.27. The van der Waals surface area contributed by atoms with Crippen LogP contribution in [-0.4, -0.2) is 22.7 Å². The molecule has 0 unspecified atom stereocenters. The topological polar surface area (TPSA) is 75.6 Å². The van der Waals surface area contributed by atoms with Gasteiger partial charge in [0.2, 0.25) is 0 Å². The second kappa shape index (κ2) is 7.91. The molecule has 5 heteroatoms. The molecule has 3 aromatic rings. The zero-order valence-electron chi connectivity index (χ0n) is 18.0. The highest BCUT2D eigenvalue weighted by Gasteiger charge is 2.36. The summed E-state index contributed by atoms with van der Waals surface area (Å²) in [6, 6.07) is 15.7. The summed E-state index contributed by atoms with van der Waals surface area (Å²) in [5.41, 5.74) is 2.36. The van der Waals surface area contributed by atoms with E-state index < -0.39 is 0 Å². The van der Waals surface area contributed by atoms with E-state index in [1.165, 1.54) is 11.6 Å². The van der Waals surface area contributed by atoms with E-state index in [4.69, 9.17) is 4.74 Å². The van der Waals surface area contributed by atoms with Gasteiger partial charge in [0.25, 0.3) is 0 Å². The fourth-order valence-corrected chi connectivity index (χ4v) is 3.81. The molecule has 5 nitrogen and oxygen atoms in total. The number of carbonyl (C=O) groups is 2. The van der Waals surface area contributed by atoms with Gasteiger partial charge in [-0.3, -0.25) is 9.59 Å². The molecule has 0 atom stereocenters. The van der Waals surface area contributed by atoms with Crippen molar-refractivity contribution in [1.29, 1.82) is 0 Å². The highest BCUT2D eigenvalue weighted by molar-refractivity contribution is 6.31. The number of anilines is 1. The van der Waals surface area contributed by atoms with Crippen LogP contribution in [0.5, 0.6) is 17.2 Å². The van der Waals surface area contributed by atoms with Gasteiger partial charge in [-0.15, -0.1) is 0 Å². The quantitative estimate of drug-likeness (QED) is 0.397. The summed E-state index contributed by atoms with van der Waals surface area (Å²) in [6.45, 7) is 8.10. The van der Waals surface area contributed by atoms with Crippen LogP contribution < -0.4 is 10.1 Å². The molecule has 31 heavy (non-hydrogen) atoms. The van der Waals surface area contributed by atoms with Gasteiger partial charge in [0, 0.05) is 23.2 Å². The first kappa shape index (κ1) is 20.7. The predicted molar refractivity (Wildman–Crippen MR) is 121 cm³/mol. The Balaban J connectivity index is 1.87. The number of phenolic OH excluding ortho intramolecular Hbond substituents is 1. The molecule has 0 spiro atoms. The molecule has 0 fully saturated rings. The number of hydrogen-bond acceptors (Lipinski definition) is 5. The molecule has 1 aliphatic carbocycles. The molecule has 0 amide bonds. The lowest BCUT2D eigenvalue weighted by Gasteiger charge is -2.25. The van der Waals surface area contributed by atoms with Gasteiger partial charge in [0.1, 0.15) is 11.5 Å². The number of ketones is 2. The molecule has 0 saturated carbocycles. The van der Waals surface area contributed by atoms with Crippen molar-refractivity contribution in [3.05, 3.63) is 82.4 Å². The summed E-state index contributed by atoms with van der Waals surface area (Å²) in [5, 5.41) is 14.0. The number of nitrogens with one attached hydrogen (secondary N) is 1. The molecular weight excluding hydrogens is 390 g/mol. The lowest BCUT2D eigenvalue weighted by Crippen LogP contribution is -2.24. The second-order valence-corrected chi connectivity index (χ2v) is 8.35. The molecule has 3 aromatic carbocycles. The van der Waals surface area contributed by atoms with Crippen molar-refractivity contribution in [3.63, 3.8) is 0 Å². The fraction of sp³-hybridized carbons (Fsp3) is 0.231. The summed E-state index contributed by atoms with van der Waals surface area (Å²) in [4.78, 5) is 26.5. The zero-order valence-corrected chi connectivity index (χ0v) is 18.0. The predicted octanol–water partition coefficient (Wildman–Crippen LogP) is 5.90. The minimum absolute atomic E-state index is 0.00866. The first-order valence-electron chi connectivity index (χ1n) is 10.4.